The summed E-state index contributed by atoms with van der Waals surface area (Å²) in [4.78, 5) is 10.0. The second-order valence-corrected chi connectivity index (χ2v) is 8.52. The monoisotopic (exact) mass is 444 g/mol. The molecule has 0 aliphatic rings. The van der Waals surface area contributed by atoms with E-state index in [9.17, 15) is 0 Å². The Hall–Kier alpha value is -4.50. The summed E-state index contributed by atoms with van der Waals surface area (Å²) >= 11 is 0. The van der Waals surface area contributed by atoms with Gasteiger partial charge in [-0.3, -0.25) is 0 Å². The summed E-state index contributed by atoms with van der Waals surface area (Å²) in [6.07, 6.45) is 0. The van der Waals surface area contributed by atoms with Crippen molar-refractivity contribution in [3.63, 3.8) is 0 Å². The van der Waals surface area contributed by atoms with Crippen LogP contribution in [0.1, 0.15) is 0 Å². The molecular weight excluding hydrogens is 423 g/mol. The predicted octanol–water partition coefficient (Wildman–Crippen LogP) is 7.09. The minimum atomic E-state index is 0.698. The zero-order valence-corrected chi connectivity index (χ0v) is 19.1. The molecule has 0 aliphatic carbocycles. The van der Waals surface area contributed by atoms with Gasteiger partial charge in [0.15, 0.2) is 5.82 Å². The number of aromatic nitrogens is 2. The highest BCUT2D eigenvalue weighted by molar-refractivity contribution is 6.39. The van der Waals surface area contributed by atoms with Gasteiger partial charge in [0.05, 0.1) is 11.4 Å². The van der Waals surface area contributed by atoms with Gasteiger partial charge in [-0.05, 0) is 34.0 Å². The van der Waals surface area contributed by atoms with E-state index in [-0.39, 0.29) is 0 Å². The lowest BCUT2D eigenvalue weighted by molar-refractivity contribution is 1.18. The molecule has 0 saturated carbocycles. The van der Waals surface area contributed by atoms with Crippen LogP contribution < -0.4 is 5.46 Å². The van der Waals surface area contributed by atoms with E-state index < -0.39 is 0 Å². The topological polar surface area (TPSA) is 25.8 Å². The van der Waals surface area contributed by atoms with Crippen LogP contribution in [0.3, 0.4) is 0 Å². The molecule has 0 bridgehead atoms. The highest BCUT2D eigenvalue weighted by Gasteiger charge is 2.13. The highest BCUT2D eigenvalue weighted by atomic mass is 14.9. The summed E-state index contributed by atoms with van der Waals surface area (Å²) in [6, 6.07) is 43.3. The largest absolute Gasteiger partial charge is 0.228 e. The Bertz CT molecular complexity index is 1640. The molecule has 3 heteroatoms. The fourth-order valence-corrected chi connectivity index (χ4v) is 4.48. The van der Waals surface area contributed by atoms with Crippen LogP contribution >= 0.6 is 0 Å². The van der Waals surface area contributed by atoms with Gasteiger partial charge < -0.3 is 0 Å². The molecular formula is C32H21BN2. The predicted molar refractivity (Wildman–Crippen MR) is 147 cm³/mol. The van der Waals surface area contributed by atoms with Gasteiger partial charge in [0.25, 0.3) is 0 Å². The molecule has 6 aromatic rings. The number of benzene rings is 5. The Morgan fingerprint density at radius 3 is 1.80 bits per heavy atom. The van der Waals surface area contributed by atoms with Crippen molar-refractivity contribution in [1.82, 2.24) is 9.97 Å². The molecule has 0 aliphatic heterocycles. The lowest BCUT2D eigenvalue weighted by atomic mass is 9.87. The Labute approximate surface area is 206 Å². The SMILES string of the molecule is [B]c1ccc(-c2cc(-c3cccc(-c4ccccc4)c3)nc(-c3ccccc3)n2)c2ccccc12. The molecule has 0 atom stereocenters. The first-order valence-corrected chi connectivity index (χ1v) is 11.6. The average molecular weight is 444 g/mol. The van der Waals surface area contributed by atoms with Gasteiger partial charge in [0.2, 0.25) is 0 Å². The van der Waals surface area contributed by atoms with E-state index in [1.165, 1.54) is 5.56 Å². The van der Waals surface area contributed by atoms with Gasteiger partial charge in [-0.2, -0.15) is 0 Å². The number of hydrogen-bond donors (Lipinski definition) is 0. The Morgan fingerprint density at radius 2 is 1.03 bits per heavy atom. The van der Waals surface area contributed by atoms with Gasteiger partial charge in [-0.15, -0.1) is 0 Å². The molecule has 0 unspecified atom stereocenters. The van der Waals surface area contributed by atoms with Crippen LogP contribution in [0.5, 0.6) is 0 Å². The average Bonchev–Trinajstić information content (AvgIpc) is 2.94. The first-order valence-electron chi connectivity index (χ1n) is 11.6. The van der Waals surface area contributed by atoms with Crippen molar-refractivity contribution in [3.05, 3.63) is 127 Å². The normalized spacial score (nSPS) is 11.0. The van der Waals surface area contributed by atoms with Gasteiger partial charge in [-0.25, -0.2) is 9.97 Å². The zero-order chi connectivity index (χ0) is 23.6. The van der Waals surface area contributed by atoms with E-state index in [4.69, 9.17) is 17.8 Å². The molecule has 2 nitrogen and oxygen atoms in total. The summed E-state index contributed by atoms with van der Waals surface area (Å²) in [5, 5.41) is 2.10. The Kier molecular flexibility index (Phi) is 5.44. The molecule has 6 rings (SSSR count). The summed E-state index contributed by atoms with van der Waals surface area (Å²) in [5.41, 5.74) is 7.91. The molecule has 1 heterocycles. The molecule has 5 aromatic carbocycles. The summed E-state index contributed by atoms with van der Waals surface area (Å²) in [5.74, 6) is 0.698. The molecule has 0 spiro atoms. The molecule has 1 aromatic heterocycles. The third kappa shape index (κ3) is 4.13. The van der Waals surface area contributed by atoms with Crippen molar-refractivity contribution in [1.29, 1.82) is 0 Å². The fraction of sp³-hybridized carbons (Fsp3) is 0. The third-order valence-electron chi connectivity index (χ3n) is 6.26. The maximum Gasteiger partial charge on any atom is 0.160 e. The second kappa shape index (κ2) is 9.04. The smallest absolute Gasteiger partial charge is 0.160 e. The minimum Gasteiger partial charge on any atom is -0.228 e. The van der Waals surface area contributed by atoms with Crippen molar-refractivity contribution in [2.75, 3.05) is 0 Å². The van der Waals surface area contributed by atoms with Crippen LogP contribution in [0.4, 0.5) is 0 Å². The Balaban J connectivity index is 1.57. The maximum absolute atomic E-state index is 6.28. The van der Waals surface area contributed by atoms with E-state index >= 15 is 0 Å². The second-order valence-electron chi connectivity index (χ2n) is 8.52. The van der Waals surface area contributed by atoms with Crippen LogP contribution in [0.2, 0.25) is 0 Å². The van der Waals surface area contributed by atoms with Crippen molar-refractivity contribution in [2.45, 2.75) is 0 Å². The number of nitrogens with zero attached hydrogens (tertiary/aromatic N) is 2. The molecule has 2 radical (unpaired) electrons. The first kappa shape index (κ1) is 21.1. The van der Waals surface area contributed by atoms with Crippen LogP contribution in [-0.2, 0) is 0 Å². The molecule has 0 fully saturated rings. The lowest BCUT2D eigenvalue weighted by Crippen LogP contribution is -2.04. The number of fused-ring (bicyclic) bond motifs is 1. The summed E-state index contributed by atoms with van der Waals surface area (Å²) in [6.45, 7) is 0. The molecule has 0 N–H and O–H groups in total. The molecule has 162 valence electrons. The van der Waals surface area contributed by atoms with Crippen molar-refractivity contribution in [3.8, 4) is 45.0 Å². The Morgan fingerprint density at radius 1 is 0.429 bits per heavy atom. The number of hydrogen-bond acceptors (Lipinski definition) is 2. The highest BCUT2D eigenvalue weighted by Crippen LogP contribution is 2.32. The molecule has 0 saturated heterocycles. The van der Waals surface area contributed by atoms with Crippen molar-refractivity contribution in [2.24, 2.45) is 0 Å². The van der Waals surface area contributed by atoms with Crippen LogP contribution in [0.25, 0.3) is 55.8 Å². The zero-order valence-electron chi connectivity index (χ0n) is 19.1. The van der Waals surface area contributed by atoms with E-state index in [1.54, 1.807) is 0 Å². The molecule has 0 amide bonds. The minimum absolute atomic E-state index is 0.698. The van der Waals surface area contributed by atoms with Gasteiger partial charge in [0, 0.05) is 16.7 Å². The van der Waals surface area contributed by atoms with Gasteiger partial charge in [-0.1, -0.05) is 121 Å². The summed E-state index contributed by atoms with van der Waals surface area (Å²) in [7, 11) is 6.28. The van der Waals surface area contributed by atoms with E-state index in [0.29, 0.717) is 5.82 Å². The first-order chi connectivity index (χ1) is 17.3. The van der Waals surface area contributed by atoms with Crippen LogP contribution in [0, 0.1) is 0 Å². The van der Waals surface area contributed by atoms with Gasteiger partial charge >= 0.3 is 0 Å². The summed E-state index contributed by atoms with van der Waals surface area (Å²) < 4.78 is 0. The maximum atomic E-state index is 6.28. The molecule has 35 heavy (non-hydrogen) atoms. The van der Waals surface area contributed by atoms with Crippen molar-refractivity contribution >= 4 is 24.1 Å². The van der Waals surface area contributed by atoms with E-state index in [0.717, 1.165) is 49.9 Å². The van der Waals surface area contributed by atoms with E-state index in [2.05, 4.69) is 72.8 Å². The van der Waals surface area contributed by atoms with E-state index in [1.807, 2.05) is 54.6 Å². The van der Waals surface area contributed by atoms with Crippen molar-refractivity contribution < 1.29 is 0 Å². The quantitative estimate of drug-likeness (QED) is 0.271. The van der Waals surface area contributed by atoms with Crippen LogP contribution in [-0.4, -0.2) is 17.8 Å². The standard InChI is InChI=1S/C32H21BN2/c33-29-19-18-28(26-16-7-8-17-27(26)29)31-21-30(34-32(35-31)23-12-5-2-6-13-23)25-15-9-14-24(20-25)22-10-3-1-4-11-22/h1-21H. The third-order valence-corrected chi connectivity index (χ3v) is 6.26. The number of rotatable bonds is 4. The lowest BCUT2D eigenvalue weighted by Gasteiger charge is -2.13. The fourth-order valence-electron chi connectivity index (χ4n) is 4.48. The van der Waals surface area contributed by atoms with Gasteiger partial charge in [0.1, 0.15) is 7.85 Å². The van der Waals surface area contributed by atoms with Crippen LogP contribution in [0.15, 0.2) is 127 Å².